The van der Waals surface area contributed by atoms with Crippen molar-refractivity contribution in [2.24, 2.45) is 17.6 Å². The number of nitrogens with one attached hydrogen (secondary N) is 2. The Labute approximate surface area is 173 Å². The fraction of sp³-hybridized carbons (Fsp3) is 0.455. The van der Waals surface area contributed by atoms with Crippen molar-refractivity contribution in [2.75, 3.05) is 6.54 Å². The molecule has 2 unspecified atom stereocenters. The predicted octanol–water partition coefficient (Wildman–Crippen LogP) is 3.56. The van der Waals surface area contributed by atoms with E-state index in [1.807, 2.05) is 64.1 Å². The Morgan fingerprint density at radius 2 is 1.61 bits per heavy atom. The van der Waals surface area contributed by atoms with Crippen molar-refractivity contribution in [3.05, 3.63) is 48.0 Å². The number of halogens is 1. The van der Waals surface area contributed by atoms with Crippen LogP contribution >= 0.6 is 12.4 Å². The number of fused-ring (bicyclic) bond motifs is 1. The standard InChI is InChI=1S/C22H31N3O2.ClH/c1-14(2)11-20(26)25-21(15(3)4)22(27)24-19(13-23)18-10-9-16-7-5-6-8-17(16)12-18;/h5-10,12,14-15,19,21H,11,13,23H2,1-4H3,(H,24,27)(H,25,26);1H. The fourth-order valence-electron chi connectivity index (χ4n) is 3.10. The van der Waals surface area contributed by atoms with E-state index in [9.17, 15) is 9.59 Å². The van der Waals surface area contributed by atoms with Gasteiger partial charge in [0, 0.05) is 13.0 Å². The third-order valence-corrected chi connectivity index (χ3v) is 4.59. The van der Waals surface area contributed by atoms with Crippen molar-refractivity contribution in [1.29, 1.82) is 0 Å². The van der Waals surface area contributed by atoms with Gasteiger partial charge in [0.1, 0.15) is 6.04 Å². The molecule has 0 aliphatic heterocycles. The first-order chi connectivity index (χ1) is 12.8. The summed E-state index contributed by atoms with van der Waals surface area (Å²) in [6.45, 7) is 8.10. The molecule has 2 atom stereocenters. The number of hydrogen-bond donors (Lipinski definition) is 3. The summed E-state index contributed by atoms with van der Waals surface area (Å²) in [5.41, 5.74) is 6.90. The van der Waals surface area contributed by atoms with E-state index in [1.54, 1.807) is 0 Å². The number of amides is 2. The van der Waals surface area contributed by atoms with Gasteiger partial charge in [0.05, 0.1) is 6.04 Å². The molecule has 0 fully saturated rings. The zero-order chi connectivity index (χ0) is 20.0. The Morgan fingerprint density at radius 1 is 0.964 bits per heavy atom. The van der Waals surface area contributed by atoms with Gasteiger partial charge in [-0.1, -0.05) is 64.1 Å². The lowest BCUT2D eigenvalue weighted by Gasteiger charge is -2.25. The van der Waals surface area contributed by atoms with Crippen LogP contribution in [0.25, 0.3) is 10.8 Å². The van der Waals surface area contributed by atoms with Crippen molar-refractivity contribution in [3.8, 4) is 0 Å². The molecule has 2 aromatic carbocycles. The van der Waals surface area contributed by atoms with E-state index >= 15 is 0 Å². The number of hydrogen-bond acceptors (Lipinski definition) is 3. The summed E-state index contributed by atoms with van der Waals surface area (Å²) in [6, 6.07) is 13.3. The molecule has 0 saturated heterocycles. The summed E-state index contributed by atoms with van der Waals surface area (Å²) >= 11 is 0. The first-order valence-corrected chi connectivity index (χ1v) is 9.60. The number of nitrogens with two attached hydrogens (primary N) is 1. The molecule has 2 aromatic rings. The molecule has 2 amide bonds. The van der Waals surface area contributed by atoms with Crippen LogP contribution in [0, 0.1) is 11.8 Å². The lowest BCUT2D eigenvalue weighted by molar-refractivity contribution is -0.130. The molecule has 0 saturated carbocycles. The molecule has 154 valence electrons. The summed E-state index contributed by atoms with van der Waals surface area (Å²) in [7, 11) is 0. The molecule has 0 heterocycles. The average molecular weight is 406 g/mol. The van der Waals surface area contributed by atoms with E-state index in [0.29, 0.717) is 6.42 Å². The van der Waals surface area contributed by atoms with Gasteiger partial charge in [0.25, 0.3) is 0 Å². The first-order valence-electron chi connectivity index (χ1n) is 9.60. The third kappa shape index (κ3) is 6.50. The predicted molar refractivity (Wildman–Crippen MR) is 117 cm³/mol. The van der Waals surface area contributed by atoms with E-state index < -0.39 is 6.04 Å². The Balaban J connectivity index is 0.00000392. The van der Waals surface area contributed by atoms with Gasteiger partial charge in [-0.05, 0) is 34.2 Å². The number of benzene rings is 2. The molecule has 6 heteroatoms. The van der Waals surface area contributed by atoms with Crippen molar-refractivity contribution >= 4 is 35.0 Å². The third-order valence-electron chi connectivity index (χ3n) is 4.59. The van der Waals surface area contributed by atoms with Gasteiger partial charge in [-0.2, -0.15) is 0 Å². The van der Waals surface area contributed by atoms with E-state index in [1.165, 1.54) is 0 Å². The minimum atomic E-state index is -0.578. The number of carbonyl (C=O) groups is 2. The number of rotatable bonds is 8. The molecule has 2 rings (SSSR count). The van der Waals surface area contributed by atoms with E-state index in [0.717, 1.165) is 16.3 Å². The van der Waals surface area contributed by atoms with Gasteiger partial charge < -0.3 is 16.4 Å². The number of carbonyl (C=O) groups excluding carboxylic acids is 2. The van der Waals surface area contributed by atoms with E-state index in [2.05, 4.69) is 16.7 Å². The van der Waals surface area contributed by atoms with Gasteiger partial charge in [0.2, 0.25) is 11.8 Å². The summed E-state index contributed by atoms with van der Waals surface area (Å²) < 4.78 is 0. The zero-order valence-electron chi connectivity index (χ0n) is 17.1. The van der Waals surface area contributed by atoms with Gasteiger partial charge in [0.15, 0.2) is 0 Å². The maximum atomic E-state index is 12.8. The van der Waals surface area contributed by atoms with Crippen LogP contribution in [0.5, 0.6) is 0 Å². The maximum Gasteiger partial charge on any atom is 0.243 e. The largest absolute Gasteiger partial charge is 0.346 e. The van der Waals surface area contributed by atoms with Crippen molar-refractivity contribution in [3.63, 3.8) is 0 Å². The topological polar surface area (TPSA) is 84.2 Å². The smallest absolute Gasteiger partial charge is 0.243 e. The van der Waals surface area contributed by atoms with Crippen LogP contribution in [0.3, 0.4) is 0 Å². The molecule has 0 spiro atoms. The highest BCUT2D eigenvalue weighted by Gasteiger charge is 2.26. The maximum absolute atomic E-state index is 12.8. The highest BCUT2D eigenvalue weighted by Crippen LogP contribution is 2.20. The Hall–Kier alpha value is -2.11. The lowest BCUT2D eigenvalue weighted by Crippen LogP contribution is -2.51. The van der Waals surface area contributed by atoms with Crippen LogP contribution in [0.1, 0.15) is 45.7 Å². The first kappa shape index (κ1) is 23.9. The lowest BCUT2D eigenvalue weighted by atomic mass is 9.99. The SMILES string of the molecule is CC(C)CC(=O)NC(C(=O)NC(CN)c1ccc2ccccc2c1)C(C)C.Cl. The molecule has 0 aliphatic rings. The summed E-state index contributed by atoms with van der Waals surface area (Å²) in [4.78, 5) is 25.0. The van der Waals surface area contributed by atoms with Crippen LogP contribution in [0.15, 0.2) is 42.5 Å². The molecule has 0 aromatic heterocycles. The second-order valence-corrected chi connectivity index (χ2v) is 7.79. The normalized spacial score (nSPS) is 13.1. The van der Waals surface area contributed by atoms with E-state index in [-0.39, 0.29) is 48.6 Å². The summed E-state index contributed by atoms with van der Waals surface area (Å²) in [5.74, 6) is -0.0778. The minimum Gasteiger partial charge on any atom is -0.346 e. The fourth-order valence-corrected chi connectivity index (χ4v) is 3.10. The average Bonchev–Trinajstić information content (AvgIpc) is 2.62. The molecule has 0 bridgehead atoms. The minimum absolute atomic E-state index is 0. The highest BCUT2D eigenvalue weighted by molar-refractivity contribution is 5.88. The second kappa shape index (κ2) is 11.0. The van der Waals surface area contributed by atoms with Crippen LogP contribution < -0.4 is 16.4 Å². The molecular weight excluding hydrogens is 374 g/mol. The van der Waals surface area contributed by atoms with Crippen LogP contribution in [-0.2, 0) is 9.59 Å². The quantitative estimate of drug-likeness (QED) is 0.627. The second-order valence-electron chi connectivity index (χ2n) is 7.79. The Kier molecular flexibility index (Phi) is 9.42. The Morgan fingerprint density at radius 3 is 2.18 bits per heavy atom. The molecule has 28 heavy (non-hydrogen) atoms. The van der Waals surface area contributed by atoms with Gasteiger partial charge in [-0.15, -0.1) is 12.4 Å². The molecule has 4 N–H and O–H groups in total. The van der Waals surface area contributed by atoms with Gasteiger partial charge in [-0.3, -0.25) is 9.59 Å². The highest BCUT2D eigenvalue weighted by atomic mass is 35.5. The Bertz CT molecular complexity index is 792. The van der Waals surface area contributed by atoms with Gasteiger partial charge >= 0.3 is 0 Å². The van der Waals surface area contributed by atoms with Crippen LogP contribution in [-0.4, -0.2) is 24.4 Å². The van der Waals surface area contributed by atoms with E-state index in [4.69, 9.17) is 5.73 Å². The molecule has 0 aliphatic carbocycles. The summed E-state index contributed by atoms with van der Waals surface area (Å²) in [5, 5.41) is 8.12. The van der Waals surface area contributed by atoms with Crippen molar-refractivity contribution in [1.82, 2.24) is 10.6 Å². The molecular formula is C22H32ClN3O2. The van der Waals surface area contributed by atoms with Crippen LogP contribution in [0.4, 0.5) is 0 Å². The summed E-state index contributed by atoms with van der Waals surface area (Å²) in [6.07, 6.45) is 0.404. The van der Waals surface area contributed by atoms with Crippen LogP contribution in [0.2, 0.25) is 0 Å². The van der Waals surface area contributed by atoms with Crippen molar-refractivity contribution in [2.45, 2.75) is 46.2 Å². The van der Waals surface area contributed by atoms with Gasteiger partial charge in [-0.25, -0.2) is 0 Å². The van der Waals surface area contributed by atoms with Crippen molar-refractivity contribution < 1.29 is 9.59 Å². The zero-order valence-corrected chi connectivity index (χ0v) is 17.9. The molecule has 0 radical (unpaired) electrons. The monoisotopic (exact) mass is 405 g/mol. The molecule has 5 nitrogen and oxygen atoms in total.